The first-order chi connectivity index (χ1) is 13.8. The summed E-state index contributed by atoms with van der Waals surface area (Å²) in [5, 5.41) is 11.4. The van der Waals surface area contributed by atoms with Crippen molar-refractivity contribution >= 4 is 34.2 Å². The third-order valence-corrected chi connectivity index (χ3v) is 3.77. The van der Waals surface area contributed by atoms with Crippen molar-refractivity contribution in [1.82, 2.24) is 5.32 Å². The quantitative estimate of drug-likeness (QED) is 0.294. The molecule has 180 valence electrons. The number of hydrogen-bond acceptors (Lipinski definition) is 9. The Labute approximate surface area is 181 Å². The molecule has 0 unspecified atom stereocenters. The summed E-state index contributed by atoms with van der Waals surface area (Å²) < 4.78 is 44.1. The fraction of sp³-hybridized carbons (Fsp3) is 0.778. The van der Waals surface area contributed by atoms with Crippen LogP contribution in [-0.4, -0.2) is 65.7 Å². The molecule has 31 heavy (non-hydrogen) atoms. The van der Waals surface area contributed by atoms with Crippen LogP contribution in [0.3, 0.4) is 0 Å². The Morgan fingerprint density at radius 3 is 1.90 bits per heavy atom. The second kappa shape index (κ2) is 11.4. The molecule has 0 radical (unpaired) electrons. The Bertz CT molecular complexity index is 762. The maximum absolute atomic E-state index is 12.4. The molecule has 1 amide bonds. The molecular formula is C18H31NO11S. The van der Waals surface area contributed by atoms with Gasteiger partial charge in [0.1, 0.15) is 23.0 Å². The van der Waals surface area contributed by atoms with Gasteiger partial charge in [-0.3, -0.25) is 14.1 Å². The van der Waals surface area contributed by atoms with Crippen LogP contribution in [0.2, 0.25) is 0 Å². The van der Waals surface area contributed by atoms with Gasteiger partial charge in [-0.15, -0.1) is 0 Å². The molecule has 0 rings (SSSR count). The summed E-state index contributed by atoms with van der Waals surface area (Å²) in [7, 11) is -4.87. The van der Waals surface area contributed by atoms with Gasteiger partial charge in [0, 0.05) is 12.8 Å². The molecule has 0 bridgehead atoms. The lowest BCUT2D eigenvalue weighted by Gasteiger charge is -2.26. The molecule has 0 aromatic heterocycles. The standard InChI is InChI=1S/C18H31NO11S/c1-17(2,3)29-15(23)13(19-16(24)30-18(4,5)6)8-7-12(20)9-11(14(21)22)10-28-31(25,26)27/h11,13H,7-10H2,1-6H3,(H,19,24)(H,21,22)(H,25,26,27)/t11-,13-/m0/s1. The molecule has 0 spiro atoms. The van der Waals surface area contributed by atoms with Gasteiger partial charge in [0.05, 0.1) is 12.5 Å². The van der Waals surface area contributed by atoms with Gasteiger partial charge in [0.15, 0.2) is 0 Å². The minimum Gasteiger partial charge on any atom is -0.481 e. The lowest BCUT2D eigenvalue weighted by atomic mass is 9.99. The number of ether oxygens (including phenoxy) is 2. The van der Waals surface area contributed by atoms with E-state index in [2.05, 4.69) is 9.50 Å². The van der Waals surface area contributed by atoms with E-state index < -0.39 is 70.4 Å². The smallest absolute Gasteiger partial charge is 0.408 e. The summed E-state index contributed by atoms with van der Waals surface area (Å²) in [5.74, 6) is -4.48. The van der Waals surface area contributed by atoms with E-state index >= 15 is 0 Å². The van der Waals surface area contributed by atoms with E-state index in [1.165, 1.54) is 0 Å². The van der Waals surface area contributed by atoms with Gasteiger partial charge in [0.25, 0.3) is 0 Å². The molecule has 2 atom stereocenters. The molecule has 0 saturated carbocycles. The van der Waals surface area contributed by atoms with Gasteiger partial charge < -0.3 is 19.9 Å². The van der Waals surface area contributed by atoms with Crippen LogP contribution in [0.1, 0.15) is 60.8 Å². The predicted octanol–water partition coefficient (Wildman–Crippen LogP) is 1.48. The van der Waals surface area contributed by atoms with Crippen LogP contribution in [-0.2, 0) is 38.4 Å². The maximum Gasteiger partial charge on any atom is 0.408 e. The van der Waals surface area contributed by atoms with Crippen molar-refractivity contribution < 1.29 is 50.9 Å². The maximum atomic E-state index is 12.4. The van der Waals surface area contributed by atoms with E-state index in [4.69, 9.17) is 19.1 Å². The zero-order valence-corrected chi connectivity index (χ0v) is 19.3. The number of carboxylic acids is 1. The highest BCUT2D eigenvalue weighted by Crippen LogP contribution is 2.15. The molecule has 3 N–H and O–H groups in total. The number of rotatable bonds is 11. The zero-order chi connectivity index (χ0) is 24.6. The van der Waals surface area contributed by atoms with Gasteiger partial charge in [-0.05, 0) is 48.0 Å². The zero-order valence-electron chi connectivity index (χ0n) is 18.5. The summed E-state index contributed by atoms with van der Waals surface area (Å²) in [6, 6.07) is -1.24. The molecule has 0 aromatic carbocycles. The SMILES string of the molecule is CC(C)(C)OC(=O)N[C@@H](CCC(=O)C[C@@H](COS(=O)(=O)O)C(=O)O)C(=O)OC(C)(C)C. The average molecular weight is 470 g/mol. The number of Topliss-reactive ketones (excluding diaryl/α,β-unsaturated/α-hetero) is 1. The lowest BCUT2D eigenvalue weighted by Crippen LogP contribution is -2.46. The highest BCUT2D eigenvalue weighted by Gasteiger charge is 2.30. The second-order valence-electron chi connectivity index (χ2n) is 8.76. The molecule has 0 aliphatic carbocycles. The first kappa shape index (κ1) is 28.8. The molecule has 0 aliphatic rings. The van der Waals surface area contributed by atoms with Gasteiger partial charge >= 0.3 is 28.4 Å². The number of carbonyl (C=O) groups excluding carboxylic acids is 3. The Hall–Kier alpha value is -2.25. The van der Waals surface area contributed by atoms with Gasteiger partial charge in [-0.25, -0.2) is 13.8 Å². The minimum atomic E-state index is -4.87. The van der Waals surface area contributed by atoms with Crippen LogP contribution in [0.25, 0.3) is 0 Å². The number of carbonyl (C=O) groups is 4. The topological polar surface area (TPSA) is 183 Å². The highest BCUT2D eigenvalue weighted by atomic mass is 32.3. The summed E-state index contributed by atoms with van der Waals surface area (Å²) in [4.78, 5) is 47.8. The highest BCUT2D eigenvalue weighted by molar-refractivity contribution is 7.80. The van der Waals surface area contributed by atoms with E-state index in [1.54, 1.807) is 41.5 Å². The van der Waals surface area contributed by atoms with E-state index in [-0.39, 0.29) is 12.8 Å². The number of carboxylic acid groups (broad SMARTS) is 1. The number of nitrogens with one attached hydrogen (secondary N) is 1. The molecule has 0 aliphatic heterocycles. The minimum absolute atomic E-state index is 0.210. The lowest BCUT2D eigenvalue weighted by molar-refractivity contribution is -0.157. The number of aliphatic carboxylic acids is 1. The van der Waals surface area contributed by atoms with E-state index in [0.717, 1.165) is 0 Å². The van der Waals surface area contributed by atoms with E-state index in [0.29, 0.717) is 0 Å². The Morgan fingerprint density at radius 1 is 0.968 bits per heavy atom. The number of esters is 1. The van der Waals surface area contributed by atoms with Crippen LogP contribution in [0.4, 0.5) is 4.79 Å². The summed E-state index contributed by atoms with van der Waals surface area (Å²) in [5.41, 5.74) is -1.70. The Morgan fingerprint density at radius 2 is 1.48 bits per heavy atom. The molecule has 0 heterocycles. The average Bonchev–Trinajstić information content (AvgIpc) is 2.50. The van der Waals surface area contributed by atoms with E-state index in [1.807, 2.05) is 0 Å². The molecule has 0 aromatic rings. The second-order valence-corrected chi connectivity index (χ2v) is 9.85. The molecular weight excluding hydrogens is 438 g/mol. The van der Waals surface area contributed by atoms with Crippen molar-refractivity contribution in [1.29, 1.82) is 0 Å². The number of hydrogen-bond donors (Lipinski definition) is 3. The Balaban J connectivity index is 5.12. The number of amides is 1. The Kier molecular flexibility index (Phi) is 10.6. The molecule has 0 fully saturated rings. The third-order valence-electron chi connectivity index (χ3n) is 3.34. The van der Waals surface area contributed by atoms with Crippen molar-refractivity contribution in [3.05, 3.63) is 0 Å². The van der Waals surface area contributed by atoms with Crippen molar-refractivity contribution in [2.24, 2.45) is 5.92 Å². The van der Waals surface area contributed by atoms with Crippen LogP contribution in [0.15, 0.2) is 0 Å². The van der Waals surface area contributed by atoms with Crippen LogP contribution in [0, 0.1) is 5.92 Å². The van der Waals surface area contributed by atoms with Gasteiger partial charge in [-0.2, -0.15) is 8.42 Å². The van der Waals surface area contributed by atoms with E-state index in [9.17, 15) is 27.6 Å². The fourth-order valence-corrected chi connectivity index (χ4v) is 2.48. The molecule has 0 saturated heterocycles. The first-order valence-corrected chi connectivity index (χ1v) is 10.7. The van der Waals surface area contributed by atoms with Crippen molar-refractivity contribution in [2.75, 3.05) is 6.61 Å². The summed E-state index contributed by atoms with van der Waals surface area (Å²) in [6.07, 6.45) is -2.05. The van der Waals surface area contributed by atoms with Crippen LogP contribution in [0.5, 0.6) is 0 Å². The molecule has 12 nitrogen and oxygen atoms in total. The summed E-state index contributed by atoms with van der Waals surface area (Å²) in [6.45, 7) is 8.79. The molecule has 13 heteroatoms. The third kappa shape index (κ3) is 15.2. The fourth-order valence-electron chi connectivity index (χ4n) is 2.14. The number of ketones is 1. The van der Waals surface area contributed by atoms with Crippen LogP contribution < -0.4 is 5.32 Å². The largest absolute Gasteiger partial charge is 0.481 e. The normalized spacial score (nSPS) is 14.3. The van der Waals surface area contributed by atoms with Gasteiger partial charge in [-0.1, -0.05) is 0 Å². The van der Waals surface area contributed by atoms with Crippen molar-refractivity contribution in [3.63, 3.8) is 0 Å². The predicted molar refractivity (Wildman–Crippen MR) is 106 cm³/mol. The number of alkyl carbamates (subject to hydrolysis) is 1. The summed E-state index contributed by atoms with van der Waals surface area (Å²) >= 11 is 0. The van der Waals surface area contributed by atoms with Crippen molar-refractivity contribution in [3.8, 4) is 0 Å². The van der Waals surface area contributed by atoms with Crippen molar-refractivity contribution in [2.45, 2.75) is 78.0 Å². The first-order valence-electron chi connectivity index (χ1n) is 9.38. The van der Waals surface area contributed by atoms with Crippen LogP contribution >= 0.6 is 0 Å². The monoisotopic (exact) mass is 469 g/mol. The van der Waals surface area contributed by atoms with Gasteiger partial charge in [0.2, 0.25) is 0 Å².